The SMILES string of the molecule is Cc1cccc(N2CCN(C(=O)c3cccc(Nc4nccs4)c3)CC2)c1C. The number of hydrogen-bond acceptors (Lipinski definition) is 5. The minimum absolute atomic E-state index is 0.0865. The Balaban J connectivity index is 1.42. The average molecular weight is 393 g/mol. The number of aromatic nitrogens is 1. The van der Waals surface area contributed by atoms with E-state index < -0.39 is 0 Å². The highest BCUT2D eigenvalue weighted by molar-refractivity contribution is 7.13. The summed E-state index contributed by atoms with van der Waals surface area (Å²) in [5.74, 6) is 0.0865. The fraction of sp³-hybridized carbons (Fsp3) is 0.273. The minimum atomic E-state index is 0.0865. The van der Waals surface area contributed by atoms with E-state index in [1.807, 2.05) is 34.5 Å². The van der Waals surface area contributed by atoms with Crippen molar-refractivity contribution in [3.63, 3.8) is 0 Å². The van der Waals surface area contributed by atoms with Gasteiger partial charge < -0.3 is 15.1 Å². The molecule has 6 heteroatoms. The molecule has 1 fully saturated rings. The predicted molar refractivity (Wildman–Crippen MR) is 116 cm³/mol. The molecule has 0 saturated carbocycles. The fourth-order valence-corrected chi connectivity index (χ4v) is 4.10. The Morgan fingerprint density at radius 3 is 2.61 bits per heavy atom. The number of anilines is 3. The third-order valence-electron chi connectivity index (χ3n) is 5.28. The molecule has 0 unspecified atom stereocenters. The van der Waals surface area contributed by atoms with Crippen molar-refractivity contribution in [3.05, 3.63) is 70.7 Å². The molecule has 1 aliphatic heterocycles. The first kappa shape index (κ1) is 18.5. The van der Waals surface area contributed by atoms with Gasteiger partial charge in [-0.15, -0.1) is 11.3 Å². The first-order valence-corrected chi connectivity index (χ1v) is 10.4. The molecule has 3 aromatic rings. The topological polar surface area (TPSA) is 48.5 Å². The molecule has 1 saturated heterocycles. The molecule has 5 nitrogen and oxygen atoms in total. The van der Waals surface area contributed by atoms with E-state index >= 15 is 0 Å². The van der Waals surface area contributed by atoms with E-state index in [4.69, 9.17) is 0 Å². The van der Waals surface area contributed by atoms with Crippen molar-refractivity contribution < 1.29 is 4.79 Å². The van der Waals surface area contributed by atoms with Crippen LogP contribution in [-0.4, -0.2) is 42.0 Å². The van der Waals surface area contributed by atoms with E-state index in [-0.39, 0.29) is 5.91 Å². The highest BCUT2D eigenvalue weighted by Gasteiger charge is 2.23. The second kappa shape index (κ2) is 8.02. The standard InChI is InChI=1S/C22H24N4OS/c1-16-5-3-8-20(17(16)2)25-10-12-26(13-11-25)21(27)18-6-4-7-19(15-18)24-22-23-9-14-28-22/h3-9,14-15H,10-13H2,1-2H3,(H,23,24). The molecular weight excluding hydrogens is 368 g/mol. The van der Waals surface area contributed by atoms with Crippen LogP contribution in [0.5, 0.6) is 0 Å². The van der Waals surface area contributed by atoms with E-state index in [0.717, 1.165) is 37.0 Å². The summed E-state index contributed by atoms with van der Waals surface area (Å²) in [4.78, 5) is 21.5. The van der Waals surface area contributed by atoms with Gasteiger partial charge in [0.15, 0.2) is 5.13 Å². The van der Waals surface area contributed by atoms with Crippen LogP contribution < -0.4 is 10.2 Å². The molecule has 0 spiro atoms. The number of thiazole rings is 1. The Morgan fingerprint density at radius 2 is 1.86 bits per heavy atom. The first-order valence-electron chi connectivity index (χ1n) is 9.49. The summed E-state index contributed by atoms with van der Waals surface area (Å²) < 4.78 is 0. The molecule has 2 heterocycles. The minimum Gasteiger partial charge on any atom is -0.368 e. The molecule has 1 aromatic heterocycles. The zero-order valence-corrected chi connectivity index (χ0v) is 17.0. The Kier molecular flexibility index (Phi) is 5.30. The normalized spacial score (nSPS) is 14.2. The number of aryl methyl sites for hydroxylation is 1. The van der Waals surface area contributed by atoms with Gasteiger partial charge in [-0.25, -0.2) is 4.98 Å². The lowest BCUT2D eigenvalue weighted by Gasteiger charge is -2.37. The Bertz CT molecular complexity index is 962. The van der Waals surface area contributed by atoms with Crippen LogP contribution in [0.4, 0.5) is 16.5 Å². The maximum Gasteiger partial charge on any atom is 0.254 e. The summed E-state index contributed by atoms with van der Waals surface area (Å²) in [7, 11) is 0. The van der Waals surface area contributed by atoms with Crippen molar-refractivity contribution in [2.75, 3.05) is 36.4 Å². The summed E-state index contributed by atoms with van der Waals surface area (Å²) in [6, 6.07) is 14.1. The molecule has 0 radical (unpaired) electrons. The fourth-order valence-electron chi connectivity index (χ4n) is 3.55. The summed E-state index contributed by atoms with van der Waals surface area (Å²) in [6.45, 7) is 7.49. The van der Waals surface area contributed by atoms with Crippen LogP contribution in [0.25, 0.3) is 0 Å². The zero-order chi connectivity index (χ0) is 19.5. The van der Waals surface area contributed by atoms with E-state index in [1.54, 1.807) is 6.20 Å². The maximum absolute atomic E-state index is 13.0. The highest BCUT2D eigenvalue weighted by Crippen LogP contribution is 2.25. The van der Waals surface area contributed by atoms with Gasteiger partial charge in [0.1, 0.15) is 0 Å². The number of hydrogen-bond donors (Lipinski definition) is 1. The van der Waals surface area contributed by atoms with Gasteiger partial charge in [0, 0.05) is 54.7 Å². The Hall–Kier alpha value is -2.86. The molecule has 0 aliphatic carbocycles. The quantitative estimate of drug-likeness (QED) is 0.712. The Labute approximate surface area is 169 Å². The van der Waals surface area contributed by atoms with Crippen LogP contribution in [0.15, 0.2) is 54.0 Å². The van der Waals surface area contributed by atoms with Crippen molar-refractivity contribution in [3.8, 4) is 0 Å². The molecule has 1 amide bonds. The summed E-state index contributed by atoms with van der Waals surface area (Å²) in [5.41, 5.74) is 5.50. The summed E-state index contributed by atoms with van der Waals surface area (Å²) >= 11 is 1.54. The van der Waals surface area contributed by atoms with Gasteiger partial charge in [-0.2, -0.15) is 0 Å². The second-order valence-corrected chi connectivity index (χ2v) is 7.94. The lowest BCUT2D eigenvalue weighted by atomic mass is 10.1. The van der Waals surface area contributed by atoms with Crippen LogP contribution in [0, 0.1) is 13.8 Å². The van der Waals surface area contributed by atoms with Crippen LogP contribution in [0.3, 0.4) is 0 Å². The molecule has 28 heavy (non-hydrogen) atoms. The molecular formula is C22H24N4OS. The van der Waals surface area contributed by atoms with Crippen molar-refractivity contribution >= 4 is 33.8 Å². The van der Waals surface area contributed by atoms with E-state index in [0.29, 0.717) is 5.56 Å². The predicted octanol–water partition coefficient (Wildman–Crippen LogP) is 4.47. The number of nitrogens with zero attached hydrogens (tertiary/aromatic N) is 3. The van der Waals surface area contributed by atoms with Gasteiger partial charge in [-0.3, -0.25) is 4.79 Å². The molecule has 1 N–H and O–H groups in total. The summed E-state index contributed by atoms with van der Waals surface area (Å²) in [6.07, 6.45) is 1.76. The van der Waals surface area contributed by atoms with Gasteiger partial charge in [-0.1, -0.05) is 18.2 Å². The maximum atomic E-state index is 13.0. The van der Waals surface area contributed by atoms with Gasteiger partial charge in [-0.05, 0) is 49.2 Å². The van der Waals surface area contributed by atoms with Crippen molar-refractivity contribution in [1.29, 1.82) is 0 Å². The molecule has 0 bridgehead atoms. The van der Waals surface area contributed by atoms with E-state index in [9.17, 15) is 4.79 Å². The number of nitrogens with one attached hydrogen (secondary N) is 1. The van der Waals surface area contributed by atoms with Crippen LogP contribution in [0.2, 0.25) is 0 Å². The van der Waals surface area contributed by atoms with Gasteiger partial charge in [0.2, 0.25) is 0 Å². The van der Waals surface area contributed by atoms with Crippen LogP contribution in [0.1, 0.15) is 21.5 Å². The molecule has 1 aliphatic rings. The lowest BCUT2D eigenvalue weighted by molar-refractivity contribution is 0.0747. The second-order valence-electron chi connectivity index (χ2n) is 7.04. The molecule has 144 valence electrons. The average Bonchev–Trinajstić information content (AvgIpc) is 3.23. The number of carbonyl (C=O) groups is 1. The van der Waals surface area contributed by atoms with E-state index in [2.05, 4.69) is 47.2 Å². The smallest absolute Gasteiger partial charge is 0.254 e. The van der Waals surface area contributed by atoms with E-state index in [1.165, 1.54) is 28.2 Å². The van der Waals surface area contributed by atoms with Gasteiger partial charge in [0.25, 0.3) is 5.91 Å². The number of rotatable bonds is 4. The zero-order valence-electron chi connectivity index (χ0n) is 16.2. The number of amides is 1. The molecule has 2 aromatic carbocycles. The van der Waals surface area contributed by atoms with Gasteiger partial charge >= 0.3 is 0 Å². The van der Waals surface area contributed by atoms with Gasteiger partial charge in [0.05, 0.1) is 0 Å². The number of piperazine rings is 1. The van der Waals surface area contributed by atoms with Crippen molar-refractivity contribution in [1.82, 2.24) is 9.88 Å². The van der Waals surface area contributed by atoms with Crippen molar-refractivity contribution in [2.24, 2.45) is 0 Å². The largest absolute Gasteiger partial charge is 0.368 e. The Morgan fingerprint density at radius 1 is 1.07 bits per heavy atom. The summed E-state index contributed by atoms with van der Waals surface area (Å²) in [5, 5.41) is 6.00. The number of carbonyl (C=O) groups excluding carboxylic acids is 1. The van der Waals surface area contributed by atoms with Crippen molar-refractivity contribution in [2.45, 2.75) is 13.8 Å². The first-order chi connectivity index (χ1) is 13.6. The lowest BCUT2D eigenvalue weighted by Crippen LogP contribution is -2.49. The van der Waals surface area contributed by atoms with Crippen LogP contribution >= 0.6 is 11.3 Å². The number of benzene rings is 2. The third-order valence-corrected chi connectivity index (χ3v) is 5.97. The monoisotopic (exact) mass is 392 g/mol. The molecule has 4 rings (SSSR count). The highest BCUT2D eigenvalue weighted by atomic mass is 32.1. The van der Waals surface area contributed by atoms with Crippen LogP contribution in [-0.2, 0) is 0 Å². The third kappa shape index (κ3) is 3.87. The molecule has 0 atom stereocenters.